The van der Waals surface area contributed by atoms with Gasteiger partial charge in [0.15, 0.2) is 12.4 Å². The summed E-state index contributed by atoms with van der Waals surface area (Å²) in [7, 11) is 0. The Bertz CT molecular complexity index is 353. The van der Waals surface area contributed by atoms with Crippen molar-refractivity contribution in [3.8, 4) is 0 Å². The fourth-order valence-corrected chi connectivity index (χ4v) is 2.71. The molecule has 1 aromatic heterocycles. The van der Waals surface area contributed by atoms with E-state index in [1.54, 1.807) is 0 Å². The maximum Gasteiger partial charge on any atom is 0.169 e. The summed E-state index contributed by atoms with van der Waals surface area (Å²) in [6.07, 6.45) is 21.7. The van der Waals surface area contributed by atoms with Crippen molar-refractivity contribution < 1.29 is 4.57 Å². The number of aromatic nitrogens is 1. The number of rotatable bonds is 13. The summed E-state index contributed by atoms with van der Waals surface area (Å²) < 4.78 is 2.28. The number of hydrogen-bond donors (Lipinski definition) is 0. The van der Waals surface area contributed by atoms with Gasteiger partial charge in [0.25, 0.3) is 0 Å². The molecule has 0 bridgehead atoms. The zero-order valence-corrected chi connectivity index (χ0v) is 14.0. The zero-order valence-electron chi connectivity index (χ0n) is 14.0. The standard InChI is InChI=1S/C20H34N/c1-3-5-6-7-8-9-10-11-12-13-14-17-21-18-15-20(4-2)16-19-21/h4,15-16,18-19H,2-3,5-14,17H2,1H3/q+1. The molecule has 1 heterocycles. The van der Waals surface area contributed by atoms with Crippen LogP contribution in [0.2, 0.25) is 0 Å². The lowest BCUT2D eigenvalue weighted by Gasteiger charge is -2.02. The Labute approximate surface area is 132 Å². The van der Waals surface area contributed by atoms with Gasteiger partial charge in [0.2, 0.25) is 0 Å². The molecule has 0 amide bonds. The molecular formula is C20H34N+. The first-order valence-electron chi connectivity index (χ1n) is 8.98. The quantitative estimate of drug-likeness (QED) is 0.313. The van der Waals surface area contributed by atoms with Gasteiger partial charge < -0.3 is 0 Å². The Morgan fingerprint density at radius 1 is 0.810 bits per heavy atom. The van der Waals surface area contributed by atoms with E-state index in [0.717, 1.165) is 6.54 Å². The lowest BCUT2D eigenvalue weighted by molar-refractivity contribution is -0.697. The normalized spacial score (nSPS) is 10.7. The Hall–Kier alpha value is -1.11. The SMILES string of the molecule is C=Cc1cc[n+](CCCCCCCCCCCCC)cc1. The zero-order chi connectivity index (χ0) is 15.2. The monoisotopic (exact) mass is 288 g/mol. The van der Waals surface area contributed by atoms with Crippen molar-refractivity contribution in [3.63, 3.8) is 0 Å². The second-order valence-corrected chi connectivity index (χ2v) is 6.11. The van der Waals surface area contributed by atoms with Crippen LogP contribution in [0.25, 0.3) is 6.08 Å². The summed E-state index contributed by atoms with van der Waals surface area (Å²) in [4.78, 5) is 0. The molecule has 0 atom stereocenters. The molecule has 0 saturated carbocycles. The van der Waals surface area contributed by atoms with E-state index >= 15 is 0 Å². The van der Waals surface area contributed by atoms with Crippen molar-refractivity contribution in [1.29, 1.82) is 0 Å². The molecule has 0 spiro atoms. The van der Waals surface area contributed by atoms with Gasteiger partial charge in [0, 0.05) is 18.6 Å². The van der Waals surface area contributed by atoms with Gasteiger partial charge >= 0.3 is 0 Å². The van der Waals surface area contributed by atoms with Crippen LogP contribution < -0.4 is 4.57 Å². The average molecular weight is 288 g/mol. The first-order chi connectivity index (χ1) is 10.4. The van der Waals surface area contributed by atoms with Crippen molar-refractivity contribution in [2.45, 2.75) is 84.1 Å². The number of hydrogen-bond acceptors (Lipinski definition) is 0. The van der Waals surface area contributed by atoms with Crippen LogP contribution >= 0.6 is 0 Å². The molecule has 1 aromatic rings. The minimum atomic E-state index is 1.15. The molecular weight excluding hydrogens is 254 g/mol. The van der Waals surface area contributed by atoms with Gasteiger partial charge in [-0.3, -0.25) is 0 Å². The maximum atomic E-state index is 3.78. The topological polar surface area (TPSA) is 3.88 Å². The van der Waals surface area contributed by atoms with Gasteiger partial charge in [-0.15, -0.1) is 0 Å². The van der Waals surface area contributed by atoms with Crippen molar-refractivity contribution >= 4 is 6.08 Å². The number of nitrogens with zero attached hydrogens (tertiary/aromatic N) is 1. The second-order valence-electron chi connectivity index (χ2n) is 6.11. The summed E-state index contributed by atoms with van der Waals surface area (Å²) in [6, 6.07) is 4.26. The Morgan fingerprint density at radius 3 is 1.76 bits per heavy atom. The van der Waals surface area contributed by atoms with Gasteiger partial charge in [-0.1, -0.05) is 77.4 Å². The maximum absolute atomic E-state index is 3.78. The molecule has 118 valence electrons. The first-order valence-corrected chi connectivity index (χ1v) is 8.98. The Morgan fingerprint density at radius 2 is 1.29 bits per heavy atom. The van der Waals surface area contributed by atoms with Crippen LogP contribution in [0.15, 0.2) is 31.1 Å². The van der Waals surface area contributed by atoms with Crippen LogP contribution in [0.5, 0.6) is 0 Å². The van der Waals surface area contributed by atoms with Crippen molar-refractivity contribution in [2.24, 2.45) is 0 Å². The lowest BCUT2D eigenvalue weighted by atomic mass is 10.1. The summed E-state index contributed by atoms with van der Waals surface area (Å²) in [6.45, 7) is 7.21. The molecule has 0 saturated heterocycles. The van der Waals surface area contributed by atoms with Gasteiger partial charge in [-0.05, 0) is 12.0 Å². The molecule has 1 nitrogen and oxygen atoms in total. The molecule has 0 aliphatic rings. The van der Waals surface area contributed by atoms with Crippen molar-refractivity contribution in [2.75, 3.05) is 0 Å². The predicted octanol–water partition coefficient (Wildman–Crippen LogP) is 5.93. The smallest absolute Gasteiger partial charge is 0.169 e. The minimum absolute atomic E-state index is 1.15. The number of pyridine rings is 1. The van der Waals surface area contributed by atoms with Crippen LogP contribution in [0, 0.1) is 0 Å². The lowest BCUT2D eigenvalue weighted by Crippen LogP contribution is -2.32. The second kappa shape index (κ2) is 12.6. The highest BCUT2D eigenvalue weighted by Crippen LogP contribution is 2.11. The van der Waals surface area contributed by atoms with E-state index in [-0.39, 0.29) is 0 Å². The van der Waals surface area contributed by atoms with E-state index < -0.39 is 0 Å². The van der Waals surface area contributed by atoms with Crippen LogP contribution in [-0.2, 0) is 6.54 Å². The fraction of sp³-hybridized carbons (Fsp3) is 0.650. The molecule has 21 heavy (non-hydrogen) atoms. The molecule has 0 fully saturated rings. The van der Waals surface area contributed by atoms with Crippen LogP contribution in [-0.4, -0.2) is 0 Å². The van der Waals surface area contributed by atoms with Crippen molar-refractivity contribution in [1.82, 2.24) is 0 Å². The summed E-state index contributed by atoms with van der Waals surface area (Å²) in [5.74, 6) is 0. The molecule has 0 radical (unpaired) electrons. The highest BCUT2D eigenvalue weighted by atomic mass is 14.9. The third kappa shape index (κ3) is 9.44. The molecule has 0 aliphatic heterocycles. The summed E-state index contributed by atoms with van der Waals surface area (Å²) in [5, 5.41) is 0. The van der Waals surface area contributed by atoms with Gasteiger partial charge in [0.05, 0.1) is 0 Å². The van der Waals surface area contributed by atoms with E-state index in [1.165, 1.54) is 76.2 Å². The summed E-state index contributed by atoms with van der Waals surface area (Å²) >= 11 is 0. The molecule has 1 heteroatoms. The predicted molar refractivity (Wildman–Crippen MR) is 93.2 cm³/mol. The first kappa shape index (κ1) is 17.9. The number of aryl methyl sites for hydroxylation is 1. The van der Waals surface area contributed by atoms with E-state index in [2.05, 4.69) is 42.6 Å². The average Bonchev–Trinajstić information content (AvgIpc) is 2.53. The molecule has 0 aliphatic carbocycles. The molecule has 0 N–H and O–H groups in total. The van der Waals surface area contributed by atoms with Crippen LogP contribution in [0.3, 0.4) is 0 Å². The Kier molecular flexibility index (Phi) is 10.8. The van der Waals surface area contributed by atoms with E-state index in [4.69, 9.17) is 0 Å². The van der Waals surface area contributed by atoms with Crippen molar-refractivity contribution in [3.05, 3.63) is 36.7 Å². The largest absolute Gasteiger partial charge is 0.205 e. The van der Waals surface area contributed by atoms with E-state index in [0.29, 0.717) is 0 Å². The highest BCUT2D eigenvalue weighted by Gasteiger charge is 1.99. The highest BCUT2D eigenvalue weighted by molar-refractivity contribution is 5.44. The van der Waals surface area contributed by atoms with Gasteiger partial charge in [-0.25, -0.2) is 4.57 Å². The minimum Gasteiger partial charge on any atom is -0.205 e. The Balaban J connectivity index is 1.89. The molecule has 0 unspecified atom stereocenters. The summed E-state index contributed by atoms with van der Waals surface area (Å²) in [5.41, 5.74) is 1.20. The number of unbranched alkanes of at least 4 members (excludes halogenated alkanes) is 10. The fourth-order valence-electron chi connectivity index (χ4n) is 2.71. The van der Waals surface area contributed by atoms with Crippen LogP contribution in [0.1, 0.15) is 83.1 Å². The third-order valence-electron chi connectivity index (χ3n) is 4.17. The van der Waals surface area contributed by atoms with Gasteiger partial charge in [0.1, 0.15) is 6.54 Å². The van der Waals surface area contributed by atoms with E-state index in [1.807, 2.05) is 6.08 Å². The molecule has 0 aromatic carbocycles. The third-order valence-corrected chi connectivity index (χ3v) is 4.17. The van der Waals surface area contributed by atoms with Crippen LogP contribution in [0.4, 0.5) is 0 Å². The van der Waals surface area contributed by atoms with E-state index in [9.17, 15) is 0 Å². The molecule has 1 rings (SSSR count). The van der Waals surface area contributed by atoms with Gasteiger partial charge in [-0.2, -0.15) is 0 Å².